The molecule has 0 fully saturated rings. The fourth-order valence-electron chi connectivity index (χ4n) is 1.99. The summed E-state index contributed by atoms with van der Waals surface area (Å²) in [6.45, 7) is 4.33. The van der Waals surface area contributed by atoms with E-state index < -0.39 is 0 Å². The summed E-state index contributed by atoms with van der Waals surface area (Å²) in [4.78, 5) is 4.60. The minimum atomic E-state index is 1.01. The lowest BCUT2D eigenvalue weighted by Crippen LogP contribution is -2.05. The van der Waals surface area contributed by atoms with Crippen LogP contribution in [0.1, 0.15) is 44.6 Å². The van der Waals surface area contributed by atoms with Gasteiger partial charge in [-0.15, -0.1) is 0 Å². The molecule has 0 amide bonds. The number of aliphatic imine (C=N–C) groups is 1. The number of hydrogen-bond acceptors (Lipinski definition) is 1. The zero-order chi connectivity index (χ0) is 11.4. The van der Waals surface area contributed by atoms with Gasteiger partial charge in [-0.05, 0) is 25.0 Å². The van der Waals surface area contributed by atoms with E-state index in [1.165, 1.54) is 31.2 Å². The summed E-state index contributed by atoms with van der Waals surface area (Å²) in [6.07, 6.45) is 6.12. The van der Waals surface area contributed by atoms with Gasteiger partial charge >= 0.3 is 0 Å². The standard InChI is InChI=1S/C14H19N2/c1-3-4-5-6-10-13-15-12-9-7-8-11(2)14(12)16-13/h7-9H,3-6,10H2,1-2H3. The fourth-order valence-corrected chi connectivity index (χ4v) is 1.99. The summed E-state index contributed by atoms with van der Waals surface area (Å²) < 4.78 is 0. The van der Waals surface area contributed by atoms with E-state index in [1.807, 2.05) is 12.1 Å². The molecule has 1 heterocycles. The van der Waals surface area contributed by atoms with Gasteiger partial charge in [-0.3, -0.25) is 0 Å². The van der Waals surface area contributed by atoms with E-state index in [-0.39, 0.29) is 0 Å². The fraction of sp³-hybridized carbons (Fsp3) is 0.500. The van der Waals surface area contributed by atoms with Gasteiger partial charge in [0, 0.05) is 6.42 Å². The molecule has 0 spiro atoms. The number of aryl methyl sites for hydroxylation is 1. The molecule has 0 unspecified atom stereocenters. The molecule has 0 aromatic heterocycles. The second kappa shape index (κ2) is 5.15. The van der Waals surface area contributed by atoms with Gasteiger partial charge in [0.25, 0.3) is 0 Å². The molecule has 0 atom stereocenters. The Morgan fingerprint density at radius 3 is 2.75 bits per heavy atom. The molecular formula is C14H19N2. The van der Waals surface area contributed by atoms with Gasteiger partial charge in [-0.2, -0.15) is 0 Å². The number of rotatable bonds is 5. The highest BCUT2D eigenvalue weighted by atomic mass is 15.1. The Balaban J connectivity index is 1.92. The van der Waals surface area contributed by atoms with Crippen LogP contribution in [0.3, 0.4) is 0 Å². The average Bonchev–Trinajstić information content (AvgIpc) is 2.69. The lowest BCUT2D eigenvalue weighted by Gasteiger charge is -1.99. The minimum absolute atomic E-state index is 1.01. The molecule has 0 N–H and O–H groups in total. The highest BCUT2D eigenvalue weighted by Gasteiger charge is 2.16. The quantitative estimate of drug-likeness (QED) is 0.657. The predicted octanol–water partition coefficient (Wildman–Crippen LogP) is 4.24. The molecule has 1 aliphatic rings. The molecule has 1 aliphatic heterocycles. The van der Waals surface area contributed by atoms with Crippen molar-refractivity contribution < 1.29 is 0 Å². The summed E-state index contributed by atoms with van der Waals surface area (Å²) in [5.41, 5.74) is 3.35. The van der Waals surface area contributed by atoms with Crippen molar-refractivity contribution >= 4 is 17.2 Å². The number of hydrogen-bond donors (Lipinski definition) is 0. The van der Waals surface area contributed by atoms with Gasteiger partial charge in [0.2, 0.25) is 0 Å². The van der Waals surface area contributed by atoms with Crippen molar-refractivity contribution in [1.29, 1.82) is 0 Å². The smallest absolute Gasteiger partial charge is 0.129 e. The third-order valence-corrected chi connectivity index (χ3v) is 2.96. The highest BCUT2D eigenvalue weighted by Crippen LogP contribution is 2.34. The van der Waals surface area contributed by atoms with Crippen LogP contribution in [0.2, 0.25) is 0 Å². The van der Waals surface area contributed by atoms with E-state index >= 15 is 0 Å². The molecule has 0 bridgehead atoms. The maximum absolute atomic E-state index is 4.60. The van der Waals surface area contributed by atoms with Crippen molar-refractivity contribution in [3.8, 4) is 0 Å². The van der Waals surface area contributed by atoms with Gasteiger partial charge in [-0.1, -0.05) is 38.3 Å². The van der Waals surface area contributed by atoms with Crippen LogP contribution in [0.15, 0.2) is 23.2 Å². The molecule has 2 heteroatoms. The van der Waals surface area contributed by atoms with E-state index in [1.54, 1.807) is 0 Å². The van der Waals surface area contributed by atoms with Crippen LogP contribution in [-0.4, -0.2) is 5.84 Å². The number of amidine groups is 1. The van der Waals surface area contributed by atoms with Crippen molar-refractivity contribution in [2.45, 2.75) is 46.0 Å². The molecule has 1 aromatic carbocycles. The van der Waals surface area contributed by atoms with Crippen molar-refractivity contribution in [2.24, 2.45) is 4.99 Å². The molecule has 1 aromatic rings. The maximum Gasteiger partial charge on any atom is 0.129 e. The van der Waals surface area contributed by atoms with Crippen molar-refractivity contribution in [3.05, 3.63) is 23.8 Å². The molecular weight excluding hydrogens is 196 g/mol. The third-order valence-electron chi connectivity index (χ3n) is 2.96. The van der Waals surface area contributed by atoms with Crippen LogP contribution in [0.4, 0.5) is 11.4 Å². The second-order valence-electron chi connectivity index (χ2n) is 4.39. The van der Waals surface area contributed by atoms with Crippen LogP contribution in [-0.2, 0) is 0 Å². The van der Waals surface area contributed by atoms with Crippen molar-refractivity contribution in [3.63, 3.8) is 0 Å². The van der Waals surface area contributed by atoms with Crippen LogP contribution in [0, 0.1) is 6.92 Å². The van der Waals surface area contributed by atoms with E-state index in [0.717, 1.165) is 23.6 Å². The van der Waals surface area contributed by atoms with Crippen molar-refractivity contribution in [2.75, 3.05) is 0 Å². The van der Waals surface area contributed by atoms with Gasteiger partial charge in [0.05, 0.1) is 11.4 Å². The Labute approximate surface area is 97.8 Å². The van der Waals surface area contributed by atoms with Gasteiger partial charge in [0.1, 0.15) is 5.84 Å². The molecule has 0 aliphatic carbocycles. The summed E-state index contributed by atoms with van der Waals surface area (Å²) in [7, 11) is 0. The minimum Gasteiger partial charge on any atom is -0.231 e. The molecule has 85 valence electrons. The van der Waals surface area contributed by atoms with E-state index in [4.69, 9.17) is 0 Å². The zero-order valence-electron chi connectivity index (χ0n) is 10.2. The topological polar surface area (TPSA) is 26.5 Å². The average molecular weight is 215 g/mol. The number of unbranched alkanes of at least 4 members (excludes halogenated alkanes) is 3. The first-order valence-electron chi connectivity index (χ1n) is 6.20. The van der Waals surface area contributed by atoms with Gasteiger partial charge in [0.15, 0.2) is 0 Å². The largest absolute Gasteiger partial charge is 0.231 e. The Kier molecular flexibility index (Phi) is 3.60. The highest BCUT2D eigenvalue weighted by molar-refractivity contribution is 5.96. The lowest BCUT2D eigenvalue weighted by atomic mass is 10.1. The summed E-state index contributed by atoms with van der Waals surface area (Å²) in [6, 6.07) is 6.19. The van der Waals surface area contributed by atoms with E-state index in [9.17, 15) is 0 Å². The molecule has 0 saturated carbocycles. The molecule has 2 rings (SSSR count). The SMILES string of the molecule is CCCCCCC1=Nc2c(C)cccc2[N]1. The Bertz CT molecular complexity index is 394. The van der Waals surface area contributed by atoms with Crippen LogP contribution in [0.5, 0.6) is 0 Å². The summed E-state index contributed by atoms with van der Waals surface area (Å²) in [5, 5.41) is 4.56. The van der Waals surface area contributed by atoms with Gasteiger partial charge in [-0.25, -0.2) is 10.3 Å². The Hall–Kier alpha value is -1.31. The molecule has 16 heavy (non-hydrogen) atoms. The van der Waals surface area contributed by atoms with Crippen LogP contribution >= 0.6 is 0 Å². The van der Waals surface area contributed by atoms with Crippen LogP contribution < -0.4 is 5.32 Å². The van der Waals surface area contributed by atoms with Gasteiger partial charge < -0.3 is 0 Å². The number of para-hydroxylation sites is 1. The molecule has 0 saturated heterocycles. The first-order valence-corrected chi connectivity index (χ1v) is 6.20. The predicted molar refractivity (Wildman–Crippen MR) is 68.8 cm³/mol. The molecule has 1 radical (unpaired) electrons. The summed E-state index contributed by atoms with van der Waals surface area (Å²) in [5.74, 6) is 1.01. The molecule has 2 nitrogen and oxygen atoms in total. The number of benzene rings is 1. The maximum atomic E-state index is 4.60. The lowest BCUT2D eigenvalue weighted by molar-refractivity contribution is 0.680. The van der Waals surface area contributed by atoms with E-state index in [0.29, 0.717) is 0 Å². The zero-order valence-corrected chi connectivity index (χ0v) is 10.2. The Morgan fingerprint density at radius 2 is 2.00 bits per heavy atom. The van der Waals surface area contributed by atoms with Crippen molar-refractivity contribution in [1.82, 2.24) is 5.32 Å². The second-order valence-corrected chi connectivity index (χ2v) is 4.39. The third kappa shape index (κ3) is 2.43. The van der Waals surface area contributed by atoms with Crippen LogP contribution in [0.25, 0.3) is 0 Å². The number of nitrogens with zero attached hydrogens (tertiary/aromatic N) is 2. The first-order chi connectivity index (χ1) is 7.81. The first kappa shape index (κ1) is 11.2. The Morgan fingerprint density at radius 1 is 1.12 bits per heavy atom. The normalized spacial score (nSPS) is 13.2. The monoisotopic (exact) mass is 215 g/mol. The number of fused-ring (bicyclic) bond motifs is 1. The van der Waals surface area contributed by atoms with E-state index in [2.05, 4.69) is 30.2 Å². The summed E-state index contributed by atoms with van der Waals surface area (Å²) >= 11 is 0.